The molecule has 3 unspecified atom stereocenters. The Hall–Kier alpha value is -0.120. The Morgan fingerprint density at radius 3 is 2.78 bits per heavy atom. The Labute approximate surface area is 112 Å². The standard InChI is InChI=1S/C15H30N2O/c1-4-13-11-17(8-5-9-18-13)10-12-6-7-15(2,3)14(12)16/h12-14H,4-11,16H2,1-3H3. The molecule has 18 heavy (non-hydrogen) atoms. The summed E-state index contributed by atoms with van der Waals surface area (Å²) < 4.78 is 5.84. The highest BCUT2D eigenvalue weighted by Crippen LogP contribution is 2.40. The monoisotopic (exact) mass is 254 g/mol. The predicted molar refractivity (Wildman–Crippen MR) is 75.6 cm³/mol. The van der Waals surface area contributed by atoms with Gasteiger partial charge in [0.05, 0.1) is 6.10 Å². The number of ether oxygens (including phenoxy) is 1. The van der Waals surface area contributed by atoms with E-state index in [1.165, 1.54) is 32.4 Å². The first-order valence-corrected chi connectivity index (χ1v) is 7.62. The van der Waals surface area contributed by atoms with E-state index in [4.69, 9.17) is 10.5 Å². The van der Waals surface area contributed by atoms with E-state index in [0.717, 1.165) is 19.6 Å². The lowest BCUT2D eigenvalue weighted by Crippen LogP contribution is -2.43. The summed E-state index contributed by atoms with van der Waals surface area (Å²) in [5.41, 5.74) is 6.75. The van der Waals surface area contributed by atoms with Gasteiger partial charge in [-0.1, -0.05) is 20.8 Å². The van der Waals surface area contributed by atoms with Crippen LogP contribution in [0.2, 0.25) is 0 Å². The van der Waals surface area contributed by atoms with E-state index in [2.05, 4.69) is 25.7 Å². The fourth-order valence-corrected chi connectivity index (χ4v) is 3.46. The summed E-state index contributed by atoms with van der Waals surface area (Å²) in [5.74, 6) is 0.676. The van der Waals surface area contributed by atoms with Crippen LogP contribution in [0.25, 0.3) is 0 Å². The van der Waals surface area contributed by atoms with Crippen LogP contribution in [0.3, 0.4) is 0 Å². The maximum atomic E-state index is 6.42. The molecule has 0 bridgehead atoms. The van der Waals surface area contributed by atoms with Crippen LogP contribution in [0.15, 0.2) is 0 Å². The molecule has 1 saturated carbocycles. The first-order valence-electron chi connectivity index (χ1n) is 7.62. The van der Waals surface area contributed by atoms with Crippen LogP contribution in [-0.2, 0) is 4.74 Å². The van der Waals surface area contributed by atoms with Gasteiger partial charge in [-0.15, -0.1) is 0 Å². The topological polar surface area (TPSA) is 38.5 Å². The van der Waals surface area contributed by atoms with E-state index in [9.17, 15) is 0 Å². The molecule has 2 N–H and O–H groups in total. The summed E-state index contributed by atoms with van der Waals surface area (Å²) in [5, 5.41) is 0. The summed E-state index contributed by atoms with van der Waals surface area (Å²) >= 11 is 0. The van der Waals surface area contributed by atoms with E-state index in [-0.39, 0.29) is 0 Å². The average molecular weight is 254 g/mol. The summed E-state index contributed by atoms with van der Waals surface area (Å²) in [6.45, 7) is 11.2. The molecule has 2 aliphatic rings. The zero-order chi connectivity index (χ0) is 13.2. The van der Waals surface area contributed by atoms with Crippen LogP contribution >= 0.6 is 0 Å². The van der Waals surface area contributed by atoms with Crippen LogP contribution < -0.4 is 5.73 Å². The summed E-state index contributed by atoms with van der Waals surface area (Å²) in [4.78, 5) is 2.59. The average Bonchev–Trinajstić information content (AvgIpc) is 2.56. The Kier molecular flexibility index (Phi) is 4.68. The largest absolute Gasteiger partial charge is 0.377 e. The zero-order valence-electron chi connectivity index (χ0n) is 12.3. The molecular weight excluding hydrogens is 224 g/mol. The lowest BCUT2D eigenvalue weighted by atomic mass is 9.85. The first-order chi connectivity index (χ1) is 8.53. The fraction of sp³-hybridized carbons (Fsp3) is 1.00. The third kappa shape index (κ3) is 3.25. The molecule has 0 aromatic rings. The van der Waals surface area contributed by atoms with Gasteiger partial charge in [0.2, 0.25) is 0 Å². The molecule has 2 rings (SSSR count). The van der Waals surface area contributed by atoms with Crippen molar-refractivity contribution in [3.8, 4) is 0 Å². The SMILES string of the molecule is CCC1CN(CC2CCC(C)(C)C2N)CCCO1. The maximum Gasteiger partial charge on any atom is 0.0699 e. The number of hydrogen-bond donors (Lipinski definition) is 1. The fourth-order valence-electron chi connectivity index (χ4n) is 3.46. The molecule has 106 valence electrons. The van der Waals surface area contributed by atoms with Gasteiger partial charge in [0.25, 0.3) is 0 Å². The first kappa shape index (κ1) is 14.3. The number of nitrogens with zero attached hydrogens (tertiary/aromatic N) is 1. The number of hydrogen-bond acceptors (Lipinski definition) is 3. The van der Waals surface area contributed by atoms with Gasteiger partial charge in [0.1, 0.15) is 0 Å². The summed E-state index contributed by atoms with van der Waals surface area (Å²) in [6.07, 6.45) is 5.29. The van der Waals surface area contributed by atoms with Crippen molar-refractivity contribution in [3.63, 3.8) is 0 Å². The van der Waals surface area contributed by atoms with Gasteiger partial charge in [0.15, 0.2) is 0 Å². The molecule has 0 aromatic carbocycles. The van der Waals surface area contributed by atoms with E-state index in [0.29, 0.717) is 23.5 Å². The Balaban J connectivity index is 1.88. The van der Waals surface area contributed by atoms with E-state index < -0.39 is 0 Å². The lowest BCUT2D eigenvalue weighted by Gasteiger charge is -2.31. The third-order valence-corrected chi connectivity index (χ3v) is 4.95. The number of nitrogens with two attached hydrogens (primary N) is 1. The van der Waals surface area contributed by atoms with Crippen LogP contribution in [0.5, 0.6) is 0 Å². The van der Waals surface area contributed by atoms with Gasteiger partial charge in [-0.25, -0.2) is 0 Å². The minimum Gasteiger partial charge on any atom is -0.377 e. The molecule has 0 spiro atoms. The van der Waals surface area contributed by atoms with Gasteiger partial charge in [-0.3, -0.25) is 0 Å². The smallest absolute Gasteiger partial charge is 0.0699 e. The van der Waals surface area contributed by atoms with Gasteiger partial charge in [-0.2, -0.15) is 0 Å². The molecule has 1 heterocycles. The van der Waals surface area contributed by atoms with E-state index in [1.54, 1.807) is 0 Å². The van der Waals surface area contributed by atoms with E-state index >= 15 is 0 Å². The minimum atomic E-state index is 0.331. The third-order valence-electron chi connectivity index (χ3n) is 4.95. The van der Waals surface area contributed by atoms with Gasteiger partial charge in [0, 0.05) is 32.3 Å². The highest BCUT2D eigenvalue weighted by atomic mass is 16.5. The van der Waals surface area contributed by atoms with Gasteiger partial charge < -0.3 is 15.4 Å². The molecule has 0 amide bonds. The van der Waals surface area contributed by atoms with Crippen molar-refractivity contribution < 1.29 is 4.74 Å². The molecule has 0 radical (unpaired) electrons. The van der Waals surface area contributed by atoms with Crippen molar-refractivity contribution in [1.82, 2.24) is 4.90 Å². The normalized spacial score (nSPS) is 37.7. The molecule has 3 heteroatoms. The molecule has 1 aliphatic heterocycles. The van der Waals surface area contributed by atoms with Crippen LogP contribution in [0.1, 0.15) is 46.5 Å². The lowest BCUT2D eigenvalue weighted by molar-refractivity contribution is 0.0493. The quantitative estimate of drug-likeness (QED) is 0.839. The van der Waals surface area contributed by atoms with Crippen molar-refractivity contribution in [2.45, 2.75) is 58.6 Å². The Morgan fingerprint density at radius 2 is 2.17 bits per heavy atom. The minimum absolute atomic E-state index is 0.331. The van der Waals surface area contributed by atoms with Crippen molar-refractivity contribution in [1.29, 1.82) is 0 Å². The molecule has 0 aromatic heterocycles. The van der Waals surface area contributed by atoms with Crippen molar-refractivity contribution in [2.75, 3.05) is 26.2 Å². The molecule has 1 aliphatic carbocycles. The maximum absolute atomic E-state index is 6.42. The molecular formula is C15H30N2O. The summed E-state index contributed by atoms with van der Waals surface area (Å²) in [6, 6.07) is 0.363. The second-order valence-electron chi connectivity index (χ2n) is 6.83. The molecule has 2 fully saturated rings. The van der Waals surface area contributed by atoms with Crippen LogP contribution in [0.4, 0.5) is 0 Å². The zero-order valence-corrected chi connectivity index (χ0v) is 12.3. The van der Waals surface area contributed by atoms with Crippen molar-refractivity contribution >= 4 is 0 Å². The van der Waals surface area contributed by atoms with Crippen LogP contribution in [0, 0.1) is 11.3 Å². The highest BCUT2D eigenvalue weighted by molar-refractivity contribution is 4.95. The predicted octanol–water partition coefficient (Wildman–Crippen LogP) is 2.25. The molecule has 3 atom stereocenters. The Morgan fingerprint density at radius 1 is 1.39 bits per heavy atom. The second-order valence-corrected chi connectivity index (χ2v) is 6.83. The van der Waals surface area contributed by atoms with Crippen LogP contribution in [-0.4, -0.2) is 43.3 Å². The van der Waals surface area contributed by atoms with Gasteiger partial charge in [-0.05, 0) is 37.0 Å². The molecule has 3 nitrogen and oxygen atoms in total. The highest BCUT2D eigenvalue weighted by Gasteiger charge is 2.40. The second kappa shape index (κ2) is 5.89. The van der Waals surface area contributed by atoms with Crippen molar-refractivity contribution in [3.05, 3.63) is 0 Å². The van der Waals surface area contributed by atoms with Crippen molar-refractivity contribution in [2.24, 2.45) is 17.1 Å². The summed E-state index contributed by atoms with van der Waals surface area (Å²) in [7, 11) is 0. The molecule has 1 saturated heterocycles. The van der Waals surface area contributed by atoms with Gasteiger partial charge >= 0.3 is 0 Å². The number of rotatable bonds is 3. The Bertz CT molecular complexity index is 267. The van der Waals surface area contributed by atoms with E-state index in [1.807, 2.05) is 0 Å².